The van der Waals surface area contributed by atoms with Crippen LogP contribution in [0.1, 0.15) is 12.5 Å². The molecule has 0 spiro atoms. The second kappa shape index (κ2) is 8.31. The highest BCUT2D eigenvalue weighted by Gasteiger charge is 2.26. The van der Waals surface area contributed by atoms with Gasteiger partial charge >= 0.3 is 0 Å². The van der Waals surface area contributed by atoms with E-state index in [9.17, 15) is 9.59 Å². The minimum Gasteiger partial charge on any atom is -0.339 e. The number of piperazine rings is 1. The van der Waals surface area contributed by atoms with Crippen molar-refractivity contribution >= 4 is 23.4 Å². The quantitative estimate of drug-likeness (QED) is 0.884. The molecule has 1 fully saturated rings. The van der Waals surface area contributed by atoms with E-state index >= 15 is 0 Å². The fraction of sp³-hybridized carbons (Fsp3) is 0.529. The van der Waals surface area contributed by atoms with Crippen molar-refractivity contribution in [3.05, 3.63) is 34.9 Å². The van der Waals surface area contributed by atoms with Gasteiger partial charge in [0.25, 0.3) is 0 Å². The van der Waals surface area contributed by atoms with Gasteiger partial charge in [0, 0.05) is 43.7 Å². The number of rotatable bonds is 5. The van der Waals surface area contributed by atoms with Crippen LogP contribution >= 0.6 is 11.6 Å². The van der Waals surface area contributed by atoms with Crippen LogP contribution < -0.4 is 5.32 Å². The monoisotopic (exact) mass is 337 g/mol. The lowest BCUT2D eigenvalue weighted by Gasteiger charge is -2.36. The molecule has 2 rings (SSSR count). The van der Waals surface area contributed by atoms with Gasteiger partial charge in [-0.3, -0.25) is 9.59 Å². The Bertz CT molecular complexity index is 539. The third-order valence-electron chi connectivity index (χ3n) is 4.14. The van der Waals surface area contributed by atoms with Crippen molar-refractivity contribution < 1.29 is 9.59 Å². The first kappa shape index (κ1) is 17.8. The lowest BCUT2D eigenvalue weighted by Crippen LogP contribution is -2.52. The van der Waals surface area contributed by atoms with E-state index in [1.807, 2.05) is 35.9 Å². The Labute approximate surface area is 142 Å². The van der Waals surface area contributed by atoms with E-state index in [0.29, 0.717) is 44.2 Å². The standard InChI is InChI=1S/C17H24ClN3O2/c1-13(12-19-2)17(23)21-9-7-20(8-10-21)16(22)11-14-3-5-15(18)6-4-14/h3-6,13,19H,7-12H2,1-2H3. The fourth-order valence-electron chi connectivity index (χ4n) is 2.77. The first-order valence-corrected chi connectivity index (χ1v) is 8.34. The first-order valence-electron chi connectivity index (χ1n) is 7.97. The van der Waals surface area contributed by atoms with Gasteiger partial charge in [0.1, 0.15) is 0 Å². The molecule has 1 heterocycles. The van der Waals surface area contributed by atoms with Crippen LogP contribution in [-0.2, 0) is 16.0 Å². The van der Waals surface area contributed by atoms with Crippen molar-refractivity contribution in [2.45, 2.75) is 13.3 Å². The summed E-state index contributed by atoms with van der Waals surface area (Å²) < 4.78 is 0. The van der Waals surface area contributed by atoms with E-state index in [2.05, 4.69) is 5.32 Å². The summed E-state index contributed by atoms with van der Waals surface area (Å²) in [5.74, 6) is 0.225. The Morgan fingerprint density at radius 2 is 1.70 bits per heavy atom. The molecule has 1 aliphatic rings. The Kier molecular flexibility index (Phi) is 6.42. The number of nitrogens with one attached hydrogen (secondary N) is 1. The molecule has 0 saturated carbocycles. The molecular weight excluding hydrogens is 314 g/mol. The van der Waals surface area contributed by atoms with E-state index in [1.165, 1.54) is 0 Å². The van der Waals surface area contributed by atoms with Crippen molar-refractivity contribution in [1.82, 2.24) is 15.1 Å². The maximum Gasteiger partial charge on any atom is 0.227 e. The number of carbonyl (C=O) groups excluding carboxylic acids is 2. The molecular formula is C17H24ClN3O2. The third kappa shape index (κ3) is 4.94. The zero-order valence-corrected chi connectivity index (χ0v) is 14.5. The summed E-state index contributed by atoms with van der Waals surface area (Å²) in [5.41, 5.74) is 0.959. The highest BCUT2D eigenvalue weighted by molar-refractivity contribution is 6.30. The van der Waals surface area contributed by atoms with Gasteiger partial charge in [-0.05, 0) is 24.7 Å². The molecule has 1 saturated heterocycles. The molecule has 0 radical (unpaired) electrons. The first-order chi connectivity index (χ1) is 11.0. The predicted molar refractivity (Wildman–Crippen MR) is 91.4 cm³/mol. The van der Waals surface area contributed by atoms with Crippen molar-refractivity contribution in [2.75, 3.05) is 39.8 Å². The molecule has 23 heavy (non-hydrogen) atoms. The Morgan fingerprint density at radius 3 is 2.26 bits per heavy atom. The second-order valence-corrected chi connectivity index (χ2v) is 6.40. The molecule has 0 aliphatic carbocycles. The van der Waals surface area contributed by atoms with E-state index in [-0.39, 0.29) is 17.7 Å². The number of carbonyl (C=O) groups is 2. The van der Waals surface area contributed by atoms with E-state index in [4.69, 9.17) is 11.6 Å². The molecule has 0 bridgehead atoms. The minimum atomic E-state index is -0.0312. The van der Waals surface area contributed by atoms with Crippen molar-refractivity contribution in [3.63, 3.8) is 0 Å². The number of hydrogen-bond acceptors (Lipinski definition) is 3. The second-order valence-electron chi connectivity index (χ2n) is 5.97. The van der Waals surface area contributed by atoms with Crippen molar-refractivity contribution in [2.24, 2.45) is 5.92 Å². The van der Waals surface area contributed by atoms with Crippen LogP contribution in [0, 0.1) is 5.92 Å². The Morgan fingerprint density at radius 1 is 1.13 bits per heavy atom. The van der Waals surface area contributed by atoms with E-state index in [0.717, 1.165) is 5.56 Å². The number of benzene rings is 1. The van der Waals surface area contributed by atoms with Gasteiger partial charge in [0.05, 0.1) is 6.42 Å². The predicted octanol–water partition coefficient (Wildman–Crippen LogP) is 1.41. The Balaban J connectivity index is 1.82. The smallest absolute Gasteiger partial charge is 0.227 e. The topological polar surface area (TPSA) is 52.7 Å². The van der Waals surface area contributed by atoms with Gasteiger partial charge < -0.3 is 15.1 Å². The number of halogens is 1. The molecule has 1 aliphatic heterocycles. The lowest BCUT2D eigenvalue weighted by molar-refractivity contribution is -0.141. The van der Waals surface area contributed by atoms with Gasteiger partial charge in [0.2, 0.25) is 11.8 Å². The summed E-state index contributed by atoms with van der Waals surface area (Å²) in [5, 5.41) is 3.69. The Hall–Kier alpha value is -1.59. The van der Waals surface area contributed by atoms with Crippen LogP contribution in [0.3, 0.4) is 0 Å². The van der Waals surface area contributed by atoms with Gasteiger partial charge in [0.15, 0.2) is 0 Å². The molecule has 1 atom stereocenters. The SMILES string of the molecule is CNCC(C)C(=O)N1CCN(C(=O)Cc2ccc(Cl)cc2)CC1. The maximum atomic E-state index is 12.3. The zero-order valence-electron chi connectivity index (χ0n) is 13.7. The molecule has 0 aromatic heterocycles. The van der Waals surface area contributed by atoms with Crippen LogP contribution in [0.4, 0.5) is 0 Å². The fourth-order valence-corrected chi connectivity index (χ4v) is 2.90. The molecule has 126 valence electrons. The summed E-state index contributed by atoms with van der Waals surface area (Å²) in [6, 6.07) is 7.34. The van der Waals surface area contributed by atoms with Crippen LogP contribution in [0.15, 0.2) is 24.3 Å². The summed E-state index contributed by atoms with van der Waals surface area (Å²) in [4.78, 5) is 28.3. The molecule has 1 aromatic carbocycles. The molecule has 1 aromatic rings. The van der Waals surface area contributed by atoms with Crippen molar-refractivity contribution in [1.29, 1.82) is 0 Å². The highest BCUT2D eigenvalue weighted by Crippen LogP contribution is 2.12. The lowest BCUT2D eigenvalue weighted by atomic mass is 10.1. The summed E-state index contributed by atoms with van der Waals surface area (Å²) in [7, 11) is 1.84. The average molecular weight is 338 g/mol. The zero-order chi connectivity index (χ0) is 16.8. The van der Waals surface area contributed by atoms with E-state index < -0.39 is 0 Å². The van der Waals surface area contributed by atoms with Crippen LogP contribution in [0.5, 0.6) is 0 Å². The maximum absolute atomic E-state index is 12.3. The average Bonchev–Trinajstić information content (AvgIpc) is 2.56. The molecule has 1 N–H and O–H groups in total. The van der Waals surface area contributed by atoms with Gasteiger partial charge in [-0.2, -0.15) is 0 Å². The van der Waals surface area contributed by atoms with Gasteiger partial charge in [-0.25, -0.2) is 0 Å². The molecule has 2 amide bonds. The van der Waals surface area contributed by atoms with Gasteiger partial charge in [-0.1, -0.05) is 30.7 Å². The number of hydrogen-bond donors (Lipinski definition) is 1. The summed E-state index contributed by atoms with van der Waals surface area (Å²) in [6.07, 6.45) is 0.376. The molecule has 5 nitrogen and oxygen atoms in total. The van der Waals surface area contributed by atoms with Crippen LogP contribution in [0.25, 0.3) is 0 Å². The third-order valence-corrected chi connectivity index (χ3v) is 4.40. The summed E-state index contributed by atoms with van der Waals surface area (Å²) in [6.45, 7) is 5.03. The minimum absolute atomic E-state index is 0.0312. The van der Waals surface area contributed by atoms with Crippen LogP contribution in [-0.4, -0.2) is 61.4 Å². The highest BCUT2D eigenvalue weighted by atomic mass is 35.5. The van der Waals surface area contributed by atoms with E-state index in [1.54, 1.807) is 12.1 Å². The van der Waals surface area contributed by atoms with Gasteiger partial charge in [-0.15, -0.1) is 0 Å². The molecule has 6 heteroatoms. The van der Waals surface area contributed by atoms with Crippen LogP contribution in [0.2, 0.25) is 5.02 Å². The largest absolute Gasteiger partial charge is 0.339 e. The summed E-state index contributed by atoms with van der Waals surface area (Å²) >= 11 is 5.85. The number of amides is 2. The van der Waals surface area contributed by atoms with Crippen molar-refractivity contribution in [3.8, 4) is 0 Å². The molecule has 1 unspecified atom stereocenters. The normalized spacial score (nSPS) is 16.3. The number of nitrogens with zero attached hydrogens (tertiary/aromatic N) is 2.